The quantitative estimate of drug-likeness (QED) is 0.369. The number of rotatable bonds is 4. The number of benzene rings is 2. The molecule has 5 heteroatoms. The minimum absolute atomic E-state index is 0.0499. The van der Waals surface area contributed by atoms with Crippen LogP contribution in [0.4, 0.5) is 5.69 Å². The zero-order valence-electron chi connectivity index (χ0n) is 19.4. The number of aromatic nitrogens is 2. The molecule has 2 atom stereocenters. The first-order valence-electron chi connectivity index (χ1n) is 11.3. The molecule has 0 aliphatic carbocycles. The summed E-state index contributed by atoms with van der Waals surface area (Å²) in [5.74, 6) is 0. The van der Waals surface area contributed by atoms with Gasteiger partial charge in [-0.2, -0.15) is 0 Å². The molecule has 2 aromatic carbocycles. The molecule has 0 bridgehead atoms. The third kappa shape index (κ3) is 3.83. The predicted octanol–water partition coefficient (Wildman–Crippen LogP) is 6.28. The zero-order chi connectivity index (χ0) is 23.1. The van der Waals surface area contributed by atoms with Gasteiger partial charge in [0.25, 0.3) is 0 Å². The smallest absolute Gasteiger partial charge is 0.174 e. The van der Waals surface area contributed by atoms with Crippen molar-refractivity contribution in [2.45, 2.75) is 39.8 Å². The van der Waals surface area contributed by atoms with Crippen molar-refractivity contribution in [3.8, 4) is 5.69 Å². The third-order valence-electron chi connectivity index (χ3n) is 6.72. The minimum Gasteiger partial charge on any atom is -0.351 e. The van der Waals surface area contributed by atoms with Crippen molar-refractivity contribution in [1.29, 1.82) is 0 Å². The Bertz CT molecular complexity index is 1320. The van der Waals surface area contributed by atoms with Gasteiger partial charge in [0.1, 0.15) is 6.04 Å². The van der Waals surface area contributed by atoms with Crippen LogP contribution in [0.15, 0.2) is 79.1 Å². The highest BCUT2D eigenvalue weighted by molar-refractivity contribution is 7.80. The largest absolute Gasteiger partial charge is 0.351 e. The fourth-order valence-corrected chi connectivity index (χ4v) is 4.90. The van der Waals surface area contributed by atoms with Crippen LogP contribution in [0, 0.1) is 27.7 Å². The molecule has 1 aliphatic rings. The average Bonchev–Trinajstić information content (AvgIpc) is 3.42. The number of hydrogen-bond donors (Lipinski definition) is 1. The molecule has 0 saturated carbocycles. The second-order valence-electron chi connectivity index (χ2n) is 8.84. The second-order valence-corrected chi connectivity index (χ2v) is 9.22. The first-order chi connectivity index (χ1) is 15.9. The van der Waals surface area contributed by atoms with Gasteiger partial charge in [0.05, 0.1) is 11.7 Å². The first kappa shape index (κ1) is 21.4. The number of nitrogens with one attached hydrogen (secondary N) is 1. The van der Waals surface area contributed by atoms with E-state index in [4.69, 9.17) is 12.2 Å². The van der Waals surface area contributed by atoms with E-state index in [9.17, 15) is 0 Å². The highest BCUT2D eigenvalue weighted by Gasteiger charge is 2.42. The topological polar surface area (TPSA) is 33.1 Å². The number of thiocarbonyl (C=S) groups is 1. The predicted molar refractivity (Wildman–Crippen MR) is 139 cm³/mol. The number of aryl methyl sites for hydroxylation is 4. The lowest BCUT2D eigenvalue weighted by molar-refractivity contribution is 0.549. The Morgan fingerprint density at radius 2 is 1.48 bits per heavy atom. The van der Waals surface area contributed by atoms with E-state index in [1.165, 1.54) is 27.9 Å². The molecule has 2 aromatic heterocycles. The number of pyridine rings is 1. The summed E-state index contributed by atoms with van der Waals surface area (Å²) in [5.41, 5.74) is 9.47. The van der Waals surface area contributed by atoms with Crippen LogP contribution in [-0.4, -0.2) is 14.7 Å². The van der Waals surface area contributed by atoms with E-state index < -0.39 is 0 Å². The van der Waals surface area contributed by atoms with Gasteiger partial charge in [0.15, 0.2) is 5.11 Å². The molecule has 33 heavy (non-hydrogen) atoms. The van der Waals surface area contributed by atoms with Crippen molar-refractivity contribution < 1.29 is 0 Å². The molecule has 0 unspecified atom stereocenters. The van der Waals surface area contributed by atoms with Crippen molar-refractivity contribution in [2.75, 3.05) is 4.90 Å². The Balaban J connectivity index is 1.68. The normalized spacial score (nSPS) is 17.9. The Morgan fingerprint density at radius 3 is 2.15 bits per heavy atom. The average molecular weight is 453 g/mol. The molecule has 1 N–H and O–H groups in total. The molecule has 1 saturated heterocycles. The molecule has 0 radical (unpaired) electrons. The van der Waals surface area contributed by atoms with Crippen molar-refractivity contribution in [1.82, 2.24) is 14.9 Å². The van der Waals surface area contributed by atoms with Gasteiger partial charge >= 0.3 is 0 Å². The highest BCUT2D eigenvalue weighted by atomic mass is 32.1. The first-order valence-corrected chi connectivity index (χ1v) is 11.7. The van der Waals surface area contributed by atoms with Gasteiger partial charge in [-0.3, -0.25) is 4.98 Å². The van der Waals surface area contributed by atoms with E-state index in [0.29, 0.717) is 5.11 Å². The molecule has 5 rings (SSSR count). The maximum absolute atomic E-state index is 5.90. The van der Waals surface area contributed by atoms with Crippen LogP contribution in [0.1, 0.15) is 45.7 Å². The van der Waals surface area contributed by atoms with E-state index in [2.05, 4.69) is 108 Å². The van der Waals surface area contributed by atoms with Crippen molar-refractivity contribution in [3.05, 3.63) is 113 Å². The fourth-order valence-electron chi connectivity index (χ4n) is 4.55. The summed E-state index contributed by atoms with van der Waals surface area (Å²) < 4.78 is 2.27. The van der Waals surface area contributed by atoms with Crippen LogP contribution >= 0.6 is 12.2 Å². The minimum atomic E-state index is -0.0690. The van der Waals surface area contributed by atoms with Crippen LogP contribution in [-0.2, 0) is 0 Å². The van der Waals surface area contributed by atoms with Crippen LogP contribution in [0.5, 0.6) is 0 Å². The van der Waals surface area contributed by atoms with E-state index in [0.717, 1.165) is 17.1 Å². The van der Waals surface area contributed by atoms with E-state index in [1.54, 1.807) is 0 Å². The molecule has 0 spiro atoms. The van der Waals surface area contributed by atoms with Crippen molar-refractivity contribution in [2.24, 2.45) is 0 Å². The molecule has 1 fully saturated rings. The standard InChI is InChI=1S/C28H28N4S/c1-18-10-12-22(16-20(18)3)31-15-7-9-25(31)27-26(24-8-5-6-14-29-24)30-28(33)32(27)23-13-11-19(2)21(4)17-23/h5-17,26-27H,1-4H3,(H,30,33)/t26-,27-/m0/s1. The molecule has 4 aromatic rings. The number of anilines is 1. The van der Waals surface area contributed by atoms with Gasteiger partial charge < -0.3 is 14.8 Å². The van der Waals surface area contributed by atoms with Gasteiger partial charge in [-0.05, 0) is 111 Å². The molecule has 166 valence electrons. The van der Waals surface area contributed by atoms with Gasteiger partial charge in [0, 0.05) is 29.5 Å². The molecule has 4 nitrogen and oxygen atoms in total. The molecular weight excluding hydrogens is 424 g/mol. The van der Waals surface area contributed by atoms with Gasteiger partial charge in [0.2, 0.25) is 0 Å². The van der Waals surface area contributed by atoms with Crippen molar-refractivity contribution >= 4 is 23.0 Å². The van der Waals surface area contributed by atoms with Crippen LogP contribution in [0.2, 0.25) is 0 Å². The lowest BCUT2D eigenvalue weighted by atomic mass is 10.00. The maximum atomic E-state index is 5.90. The zero-order valence-corrected chi connectivity index (χ0v) is 20.2. The lowest BCUT2D eigenvalue weighted by Crippen LogP contribution is -2.30. The summed E-state index contributed by atoms with van der Waals surface area (Å²) in [6.07, 6.45) is 3.98. The highest BCUT2D eigenvalue weighted by Crippen LogP contribution is 2.42. The summed E-state index contributed by atoms with van der Waals surface area (Å²) in [6, 6.07) is 23.4. The Morgan fingerprint density at radius 1 is 0.788 bits per heavy atom. The van der Waals surface area contributed by atoms with Gasteiger partial charge in [-0.25, -0.2) is 0 Å². The molecule has 1 aliphatic heterocycles. The fraction of sp³-hybridized carbons (Fsp3) is 0.214. The Hall–Kier alpha value is -3.44. The Labute approximate surface area is 200 Å². The van der Waals surface area contributed by atoms with Crippen LogP contribution < -0.4 is 10.2 Å². The summed E-state index contributed by atoms with van der Waals surface area (Å²) in [7, 11) is 0. The number of hydrogen-bond acceptors (Lipinski definition) is 2. The Kier molecular flexibility index (Phi) is 5.51. The van der Waals surface area contributed by atoms with Gasteiger partial charge in [-0.1, -0.05) is 18.2 Å². The second kappa shape index (κ2) is 8.49. The summed E-state index contributed by atoms with van der Waals surface area (Å²) >= 11 is 5.90. The van der Waals surface area contributed by atoms with E-state index in [1.807, 2.05) is 18.3 Å². The van der Waals surface area contributed by atoms with Crippen molar-refractivity contribution in [3.63, 3.8) is 0 Å². The van der Waals surface area contributed by atoms with E-state index >= 15 is 0 Å². The number of nitrogens with zero attached hydrogens (tertiary/aromatic N) is 3. The molecule has 3 heterocycles. The monoisotopic (exact) mass is 452 g/mol. The maximum Gasteiger partial charge on any atom is 0.174 e. The molecular formula is C28H28N4S. The molecule has 0 amide bonds. The summed E-state index contributed by atoms with van der Waals surface area (Å²) in [4.78, 5) is 6.93. The third-order valence-corrected chi connectivity index (χ3v) is 7.03. The van der Waals surface area contributed by atoms with Gasteiger partial charge in [-0.15, -0.1) is 0 Å². The van der Waals surface area contributed by atoms with E-state index in [-0.39, 0.29) is 12.1 Å². The summed E-state index contributed by atoms with van der Waals surface area (Å²) in [6.45, 7) is 8.59. The van der Waals surface area contributed by atoms with Crippen LogP contribution in [0.25, 0.3) is 5.69 Å². The summed E-state index contributed by atoms with van der Waals surface area (Å²) in [5, 5.41) is 4.29. The van der Waals surface area contributed by atoms with Crippen LogP contribution in [0.3, 0.4) is 0 Å². The SMILES string of the molecule is Cc1ccc(N2C(=S)N[C@@H](c3ccccn3)[C@@H]2c2cccn2-c2ccc(C)c(C)c2)cc1C. The lowest BCUT2D eigenvalue weighted by Gasteiger charge is -2.29.